The molecule has 1 heterocycles. The number of rotatable bonds is 5. The van der Waals surface area contributed by atoms with E-state index >= 15 is 0 Å². The fourth-order valence-corrected chi connectivity index (χ4v) is 2.51. The first-order valence-corrected chi connectivity index (χ1v) is 6.59. The fourth-order valence-electron chi connectivity index (χ4n) is 1.19. The predicted molar refractivity (Wildman–Crippen MR) is 70.5 cm³/mol. The van der Waals surface area contributed by atoms with Crippen molar-refractivity contribution in [2.24, 2.45) is 0 Å². The highest BCUT2D eigenvalue weighted by Gasteiger charge is 2.12. The number of hydrogen-bond acceptors (Lipinski definition) is 3. The van der Waals surface area contributed by atoms with Crippen LogP contribution in [0.5, 0.6) is 0 Å². The second-order valence-corrected chi connectivity index (χ2v) is 6.02. The second-order valence-electron chi connectivity index (χ2n) is 3.21. The van der Waals surface area contributed by atoms with Gasteiger partial charge < -0.3 is 9.64 Å². The van der Waals surface area contributed by atoms with Crippen LogP contribution in [0.25, 0.3) is 0 Å². The Morgan fingerprint density at radius 2 is 2.40 bits per heavy atom. The quantitative estimate of drug-likeness (QED) is 0.609. The first-order chi connectivity index (χ1) is 7.15. The van der Waals surface area contributed by atoms with E-state index in [4.69, 9.17) is 4.74 Å². The number of carbonyl (C=O) groups excluding carboxylic acids is 1. The summed E-state index contributed by atoms with van der Waals surface area (Å²) < 4.78 is 6.08. The molecule has 0 aromatic carbocycles. The normalized spacial score (nSPS) is 10.3. The van der Waals surface area contributed by atoms with Gasteiger partial charge in [-0.2, -0.15) is 0 Å². The first kappa shape index (κ1) is 12.9. The van der Waals surface area contributed by atoms with Crippen molar-refractivity contribution in [1.29, 1.82) is 0 Å². The second kappa shape index (κ2) is 6.44. The Labute approximate surface area is 108 Å². The zero-order valence-electron chi connectivity index (χ0n) is 8.83. The lowest BCUT2D eigenvalue weighted by molar-refractivity contribution is 0.0780. The molecule has 1 aromatic heterocycles. The maximum absolute atomic E-state index is 11.8. The van der Waals surface area contributed by atoms with E-state index in [2.05, 4.69) is 22.6 Å². The average molecular weight is 339 g/mol. The van der Waals surface area contributed by atoms with Gasteiger partial charge in [-0.1, -0.05) is 0 Å². The summed E-state index contributed by atoms with van der Waals surface area (Å²) in [4.78, 5) is 13.6. The van der Waals surface area contributed by atoms with Gasteiger partial charge in [0.15, 0.2) is 0 Å². The van der Waals surface area contributed by atoms with Crippen LogP contribution in [0, 0.1) is 2.88 Å². The monoisotopic (exact) mass is 339 g/mol. The molecule has 0 atom stereocenters. The molecule has 1 amide bonds. The molecule has 0 bridgehead atoms. The van der Waals surface area contributed by atoms with E-state index in [0.29, 0.717) is 6.61 Å². The van der Waals surface area contributed by atoms with Crippen molar-refractivity contribution >= 4 is 39.8 Å². The molecule has 3 nitrogen and oxygen atoms in total. The van der Waals surface area contributed by atoms with Crippen molar-refractivity contribution in [2.45, 2.75) is 6.42 Å². The van der Waals surface area contributed by atoms with Crippen LogP contribution >= 0.6 is 33.9 Å². The van der Waals surface area contributed by atoms with Crippen molar-refractivity contribution in [1.82, 2.24) is 4.90 Å². The number of nitrogens with zero attached hydrogens (tertiary/aromatic N) is 1. The smallest absolute Gasteiger partial charge is 0.254 e. The number of halogens is 1. The third-order valence-corrected chi connectivity index (χ3v) is 3.79. The van der Waals surface area contributed by atoms with Gasteiger partial charge in [0.1, 0.15) is 0 Å². The van der Waals surface area contributed by atoms with Gasteiger partial charge in [0.05, 0.1) is 8.45 Å². The lowest BCUT2D eigenvalue weighted by Crippen LogP contribution is -2.27. The maximum Gasteiger partial charge on any atom is 0.254 e. The van der Waals surface area contributed by atoms with E-state index in [1.54, 1.807) is 23.3 Å². The number of ether oxygens (including phenoxy) is 1. The molecule has 0 unspecified atom stereocenters. The van der Waals surface area contributed by atoms with Crippen LogP contribution in [0.15, 0.2) is 11.4 Å². The number of thiophene rings is 1. The standard InChI is InChI=1S/C10H14INO2S/c1-12(4-3-5-14-2)10(13)8-6-9(11)15-7-8/h6-7H,3-5H2,1-2H3. The minimum absolute atomic E-state index is 0.0882. The Kier molecular flexibility index (Phi) is 5.55. The van der Waals surface area contributed by atoms with Crippen LogP contribution in [0.1, 0.15) is 16.8 Å². The van der Waals surface area contributed by atoms with Crippen molar-refractivity contribution in [3.05, 3.63) is 19.9 Å². The van der Waals surface area contributed by atoms with Crippen molar-refractivity contribution in [3.8, 4) is 0 Å². The molecule has 84 valence electrons. The van der Waals surface area contributed by atoms with Crippen LogP contribution in [0.2, 0.25) is 0 Å². The van der Waals surface area contributed by atoms with Crippen LogP contribution < -0.4 is 0 Å². The summed E-state index contributed by atoms with van der Waals surface area (Å²) >= 11 is 3.81. The molecule has 0 saturated carbocycles. The lowest BCUT2D eigenvalue weighted by atomic mass is 10.3. The zero-order valence-corrected chi connectivity index (χ0v) is 11.8. The Hall–Kier alpha value is -0.140. The summed E-state index contributed by atoms with van der Waals surface area (Å²) in [6.07, 6.45) is 0.875. The third-order valence-electron chi connectivity index (χ3n) is 2.00. The molecule has 0 N–H and O–H groups in total. The Bertz CT molecular complexity index is 327. The van der Waals surface area contributed by atoms with E-state index in [1.165, 1.54) is 0 Å². The van der Waals surface area contributed by atoms with Gasteiger partial charge in [0.2, 0.25) is 0 Å². The number of carbonyl (C=O) groups is 1. The first-order valence-electron chi connectivity index (χ1n) is 4.63. The largest absolute Gasteiger partial charge is 0.385 e. The molecule has 0 saturated heterocycles. The summed E-state index contributed by atoms with van der Waals surface area (Å²) in [6, 6.07) is 1.92. The molecule has 0 aliphatic rings. The topological polar surface area (TPSA) is 29.5 Å². The van der Waals surface area contributed by atoms with E-state index in [-0.39, 0.29) is 5.91 Å². The van der Waals surface area contributed by atoms with Gasteiger partial charge in [0.25, 0.3) is 5.91 Å². The summed E-state index contributed by atoms with van der Waals surface area (Å²) in [7, 11) is 3.49. The Morgan fingerprint density at radius 3 is 2.93 bits per heavy atom. The molecule has 15 heavy (non-hydrogen) atoms. The number of hydrogen-bond donors (Lipinski definition) is 0. The average Bonchev–Trinajstić information content (AvgIpc) is 2.64. The van der Waals surface area contributed by atoms with Crippen molar-refractivity contribution < 1.29 is 9.53 Å². The highest BCUT2D eigenvalue weighted by molar-refractivity contribution is 14.1. The maximum atomic E-state index is 11.8. The van der Waals surface area contributed by atoms with Gasteiger partial charge in [0, 0.05) is 32.7 Å². The zero-order chi connectivity index (χ0) is 11.3. The third kappa shape index (κ3) is 4.08. The van der Waals surface area contributed by atoms with E-state index < -0.39 is 0 Å². The van der Waals surface area contributed by atoms with Gasteiger partial charge in [-0.05, 0) is 35.1 Å². The van der Waals surface area contributed by atoms with E-state index in [9.17, 15) is 4.79 Å². The van der Waals surface area contributed by atoms with Crippen LogP contribution in [0.3, 0.4) is 0 Å². The molecule has 5 heteroatoms. The molecular formula is C10H14INO2S. The molecule has 0 aliphatic heterocycles. The molecule has 0 aliphatic carbocycles. The fraction of sp³-hybridized carbons (Fsp3) is 0.500. The predicted octanol–water partition coefficient (Wildman–Crippen LogP) is 2.46. The molecule has 0 radical (unpaired) electrons. The highest BCUT2D eigenvalue weighted by atomic mass is 127. The van der Waals surface area contributed by atoms with Gasteiger partial charge in [-0.25, -0.2) is 0 Å². The highest BCUT2D eigenvalue weighted by Crippen LogP contribution is 2.17. The minimum Gasteiger partial charge on any atom is -0.385 e. The SMILES string of the molecule is COCCCN(C)C(=O)c1csc(I)c1. The summed E-state index contributed by atoms with van der Waals surface area (Å²) in [5.74, 6) is 0.0882. The molecule has 0 spiro atoms. The number of amides is 1. The molecular weight excluding hydrogens is 325 g/mol. The van der Waals surface area contributed by atoms with E-state index in [0.717, 1.165) is 21.4 Å². The van der Waals surface area contributed by atoms with Gasteiger partial charge >= 0.3 is 0 Å². The van der Waals surface area contributed by atoms with Gasteiger partial charge in [-0.3, -0.25) is 4.79 Å². The van der Waals surface area contributed by atoms with Crippen LogP contribution in [-0.4, -0.2) is 38.1 Å². The Morgan fingerprint density at radius 1 is 1.67 bits per heavy atom. The van der Waals surface area contributed by atoms with Crippen LogP contribution in [0.4, 0.5) is 0 Å². The number of methoxy groups -OCH3 is 1. The molecule has 0 fully saturated rings. The minimum atomic E-state index is 0.0882. The lowest BCUT2D eigenvalue weighted by Gasteiger charge is -2.15. The van der Waals surface area contributed by atoms with Crippen molar-refractivity contribution in [3.63, 3.8) is 0 Å². The van der Waals surface area contributed by atoms with E-state index in [1.807, 2.05) is 18.5 Å². The molecule has 1 aromatic rings. The Balaban J connectivity index is 2.46. The van der Waals surface area contributed by atoms with Gasteiger partial charge in [-0.15, -0.1) is 11.3 Å². The summed E-state index contributed by atoms with van der Waals surface area (Å²) in [5, 5.41) is 1.90. The summed E-state index contributed by atoms with van der Waals surface area (Å²) in [5.41, 5.74) is 0.782. The van der Waals surface area contributed by atoms with Crippen LogP contribution in [-0.2, 0) is 4.74 Å². The molecule has 1 rings (SSSR count). The summed E-state index contributed by atoms with van der Waals surface area (Å²) in [6.45, 7) is 1.43. The van der Waals surface area contributed by atoms with Crippen molar-refractivity contribution in [2.75, 3.05) is 27.3 Å².